The first-order chi connectivity index (χ1) is 12.9. The second-order valence-electron chi connectivity index (χ2n) is 5.25. The fourth-order valence-corrected chi connectivity index (χ4v) is 4.69. The predicted molar refractivity (Wildman–Crippen MR) is 96.6 cm³/mol. The number of nitriles is 2. The summed E-state index contributed by atoms with van der Waals surface area (Å²) < 4.78 is 11.7. The molecule has 2 N–H and O–H groups in total. The van der Waals surface area contributed by atoms with E-state index in [0.717, 1.165) is 0 Å². The number of fused-ring (bicyclic) bond motifs is 1. The van der Waals surface area contributed by atoms with E-state index in [-0.39, 0.29) is 31.6 Å². The van der Waals surface area contributed by atoms with Gasteiger partial charge in [-0.25, -0.2) is 0 Å². The number of nitrogens with zero attached hydrogens (tertiary/aromatic N) is 2. The number of carboxylic acid groups (broad SMARTS) is 2. The number of allylic oxidation sites excluding steroid dienone is 1. The Kier molecular flexibility index (Phi) is 6.99. The molecule has 0 aromatic heterocycles. The highest BCUT2D eigenvalue weighted by atomic mass is 32.2. The second kappa shape index (κ2) is 9.21. The van der Waals surface area contributed by atoms with Crippen LogP contribution in [0.15, 0.2) is 25.7 Å². The van der Waals surface area contributed by atoms with E-state index in [0.29, 0.717) is 31.1 Å². The predicted octanol–water partition coefficient (Wildman–Crippen LogP) is 3.16. The summed E-state index contributed by atoms with van der Waals surface area (Å²) in [5.41, 5.74) is 0.626. The van der Waals surface area contributed by atoms with Gasteiger partial charge in [0.1, 0.15) is 29.2 Å². The molecule has 1 aromatic rings. The van der Waals surface area contributed by atoms with Gasteiger partial charge in [-0.3, -0.25) is 9.59 Å². The normalized spacial score (nSPS) is 11.9. The van der Waals surface area contributed by atoms with Gasteiger partial charge in [0.05, 0.1) is 40.1 Å². The average Bonchev–Trinajstić information content (AvgIpc) is 3.03. The number of aryl methyl sites for hydroxylation is 1. The zero-order valence-electron chi connectivity index (χ0n) is 14.1. The maximum atomic E-state index is 10.7. The van der Waals surface area contributed by atoms with E-state index in [9.17, 15) is 9.59 Å². The van der Waals surface area contributed by atoms with Crippen LogP contribution in [0.5, 0.6) is 11.5 Å². The summed E-state index contributed by atoms with van der Waals surface area (Å²) in [6.07, 6.45) is -0.347. The molecule has 1 aliphatic heterocycles. The topological polar surface area (TPSA) is 141 Å². The maximum Gasteiger partial charge on any atom is 0.306 e. The van der Waals surface area contributed by atoms with E-state index in [1.165, 1.54) is 23.5 Å². The molecule has 27 heavy (non-hydrogen) atoms. The van der Waals surface area contributed by atoms with Gasteiger partial charge in [0, 0.05) is 0 Å². The molecule has 0 unspecified atom stereocenters. The monoisotopic (exact) mass is 406 g/mol. The quantitative estimate of drug-likeness (QED) is 0.618. The van der Waals surface area contributed by atoms with Gasteiger partial charge in [-0.1, -0.05) is 23.5 Å². The Balaban J connectivity index is 2.40. The van der Waals surface area contributed by atoms with Crippen molar-refractivity contribution in [2.45, 2.75) is 29.6 Å². The van der Waals surface area contributed by atoms with Crippen LogP contribution in [0.2, 0.25) is 0 Å². The van der Waals surface area contributed by atoms with Crippen LogP contribution in [0.4, 0.5) is 0 Å². The Morgan fingerprint density at radius 3 is 2.15 bits per heavy atom. The number of carbonyl (C=O) groups is 2. The largest absolute Gasteiger partial charge is 0.492 e. The number of carboxylic acids is 2. The standard InChI is InChI=1S/C17H14N2O6S2/c1-9-6-11(24-4-2-12(20)21)15-16(14(9)25-5-3-13(22)23)27-17(26-15)10(7-18)8-19/h6H,2-5H2,1H3,(H,20,21)(H,22,23). The smallest absolute Gasteiger partial charge is 0.306 e. The van der Waals surface area contributed by atoms with Crippen LogP contribution in [-0.4, -0.2) is 35.4 Å². The zero-order valence-corrected chi connectivity index (χ0v) is 15.8. The molecule has 1 aliphatic rings. The molecule has 2 rings (SSSR count). The van der Waals surface area contributed by atoms with Gasteiger partial charge >= 0.3 is 11.9 Å². The van der Waals surface area contributed by atoms with Crippen molar-refractivity contribution in [1.29, 1.82) is 10.5 Å². The molecule has 0 fully saturated rings. The van der Waals surface area contributed by atoms with Crippen molar-refractivity contribution in [3.05, 3.63) is 21.4 Å². The van der Waals surface area contributed by atoms with Gasteiger partial charge in [-0.15, -0.1) is 0 Å². The third-order valence-corrected chi connectivity index (χ3v) is 5.91. The minimum Gasteiger partial charge on any atom is -0.492 e. The van der Waals surface area contributed by atoms with Crippen molar-refractivity contribution < 1.29 is 29.3 Å². The molecule has 0 spiro atoms. The lowest BCUT2D eigenvalue weighted by Gasteiger charge is -2.15. The van der Waals surface area contributed by atoms with E-state index in [4.69, 9.17) is 30.2 Å². The van der Waals surface area contributed by atoms with Gasteiger partial charge in [-0.05, 0) is 18.6 Å². The summed E-state index contributed by atoms with van der Waals surface area (Å²) in [5, 5.41) is 35.8. The van der Waals surface area contributed by atoms with Gasteiger partial charge < -0.3 is 19.7 Å². The van der Waals surface area contributed by atoms with Crippen molar-refractivity contribution in [2.75, 3.05) is 13.2 Å². The Hall–Kier alpha value is -2.82. The number of benzene rings is 1. The Morgan fingerprint density at radius 1 is 1.04 bits per heavy atom. The highest BCUT2D eigenvalue weighted by Gasteiger charge is 2.30. The SMILES string of the molecule is Cc1cc(OCCC(=O)O)c2c(c1OCCC(=O)O)SC(=C(C#N)C#N)S2. The van der Waals surface area contributed by atoms with Crippen LogP contribution in [0.25, 0.3) is 0 Å². The lowest BCUT2D eigenvalue weighted by Crippen LogP contribution is -2.08. The van der Waals surface area contributed by atoms with Gasteiger partial charge in [0.2, 0.25) is 0 Å². The van der Waals surface area contributed by atoms with Gasteiger partial charge in [0.25, 0.3) is 0 Å². The molecule has 1 aromatic carbocycles. The minimum atomic E-state index is -0.990. The summed E-state index contributed by atoms with van der Waals surface area (Å²) in [5.74, 6) is -1.09. The second-order valence-corrected chi connectivity index (χ2v) is 7.55. The third kappa shape index (κ3) is 5.09. The first-order valence-corrected chi connectivity index (χ1v) is 9.27. The molecule has 0 radical (unpaired) electrons. The Labute approximate surface area is 163 Å². The van der Waals surface area contributed by atoms with Crippen LogP contribution in [0.1, 0.15) is 18.4 Å². The molecule has 0 saturated heterocycles. The number of aliphatic carboxylic acids is 2. The van der Waals surface area contributed by atoms with E-state index >= 15 is 0 Å². The fraction of sp³-hybridized carbons (Fsp3) is 0.294. The molecule has 0 atom stereocenters. The van der Waals surface area contributed by atoms with Crippen LogP contribution in [0.3, 0.4) is 0 Å². The van der Waals surface area contributed by atoms with Crippen LogP contribution < -0.4 is 9.47 Å². The average molecular weight is 406 g/mol. The molecule has 10 heteroatoms. The summed E-state index contributed by atoms with van der Waals surface area (Å²) in [7, 11) is 0. The molecule has 140 valence electrons. The van der Waals surface area contributed by atoms with Gasteiger partial charge in [0.15, 0.2) is 0 Å². The summed E-state index contributed by atoms with van der Waals surface area (Å²) in [4.78, 5) is 22.6. The summed E-state index contributed by atoms with van der Waals surface area (Å²) in [6, 6.07) is 5.35. The van der Waals surface area contributed by atoms with Gasteiger partial charge in [-0.2, -0.15) is 10.5 Å². The summed E-state index contributed by atoms with van der Waals surface area (Å²) >= 11 is 2.35. The number of ether oxygens (including phenoxy) is 2. The summed E-state index contributed by atoms with van der Waals surface area (Å²) in [6.45, 7) is 1.69. The molecule has 1 heterocycles. The van der Waals surface area contributed by atoms with E-state index in [2.05, 4.69) is 0 Å². The minimum absolute atomic E-state index is 0.0323. The molecule has 0 saturated carbocycles. The number of hydrogen-bond acceptors (Lipinski definition) is 8. The van der Waals surface area contributed by atoms with Crippen molar-refractivity contribution in [3.63, 3.8) is 0 Å². The van der Waals surface area contributed by atoms with E-state index in [1.807, 2.05) is 12.1 Å². The molecule has 8 nitrogen and oxygen atoms in total. The molecule has 0 aliphatic carbocycles. The van der Waals surface area contributed by atoms with Crippen molar-refractivity contribution in [1.82, 2.24) is 0 Å². The van der Waals surface area contributed by atoms with Crippen molar-refractivity contribution >= 4 is 35.5 Å². The molecular weight excluding hydrogens is 392 g/mol. The molecule has 0 amide bonds. The Bertz CT molecular complexity index is 882. The molecule has 0 bridgehead atoms. The van der Waals surface area contributed by atoms with Crippen molar-refractivity contribution in [3.8, 4) is 23.6 Å². The highest BCUT2D eigenvalue weighted by Crippen LogP contribution is 2.59. The lowest BCUT2D eigenvalue weighted by molar-refractivity contribution is -0.138. The van der Waals surface area contributed by atoms with Crippen LogP contribution >= 0.6 is 23.5 Å². The lowest BCUT2D eigenvalue weighted by atomic mass is 10.2. The third-order valence-electron chi connectivity index (χ3n) is 3.30. The van der Waals surface area contributed by atoms with Crippen LogP contribution in [-0.2, 0) is 9.59 Å². The van der Waals surface area contributed by atoms with E-state index < -0.39 is 11.9 Å². The zero-order chi connectivity index (χ0) is 20.0. The first-order valence-electron chi connectivity index (χ1n) is 7.64. The van der Waals surface area contributed by atoms with E-state index in [1.54, 1.807) is 13.0 Å². The number of rotatable bonds is 8. The number of thioether (sulfide) groups is 2. The number of hydrogen-bond donors (Lipinski definition) is 2. The Morgan fingerprint density at radius 2 is 1.59 bits per heavy atom. The fourth-order valence-electron chi connectivity index (χ4n) is 2.11. The van der Waals surface area contributed by atoms with Crippen LogP contribution in [0, 0.1) is 29.6 Å². The highest BCUT2D eigenvalue weighted by molar-refractivity contribution is 8.24. The first kappa shape index (κ1) is 20.5. The van der Waals surface area contributed by atoms with Crippen molar-refractivity contribution in [2.24, 2.45) is 0 Å². The molecular formula is C17H14N2O6S2. The maximum absolute atomic E-state index is 10.7.